The summed E-state index contributed by atoms with van der Waals surface area (Å²) in [5, 5.41) is 2.91. The van der Waals surface area contributed by atoms with Crippen molar-refractivity contribution in [3.05, 3.63) is 0 Å². The lowest BCUT2D eigenvalue weighted by Gasteiger charge is -2.22. The highest BCUT2D eigenvalue weighted by atomic mass is 16.5. The van der Waals surface area contributed by atoms with Crippen molar-refractivity contribution in [3.8, 4) is 0 Å². The first-order chi connectivity index (χ1) is 8.13. The molecule has 0 aliphatic heterocycles. The molecule has 0 heterocycles. The standard InChI is InChI=1S/C12H27N3O2/c1-4-7-15(8-5-6-13)9-12(16)14-11(2)10-17-3/h11H,4-10,13H2,1-3H3,(H,14,16). The second kappa shape index (κ2) is 10.5. The predicted molar refractivity (Wildman–Crippen MR) is 69.9 cm³/mol. The zero-order valence-corrected chi connectivity index (χ0v) is 11.4. The minimum Gasteiger partial charge on any atom is -0.383 e. The lowest BCUT2D eigenvalue weighted by Crippen LogP contribution is -2.43. The van der Waals surface area contributed by atoms with Gasteiger partial charge in [0, 0.05) is 13.2 Å². The molecule has 0 bridgehead atoms. The molecule has 0 aliphatic rings. The first-order valence-corrected chi connectivity index (χ1v) is 6.34. The van der Waals surface area contributed by atoms with Gasteiger partial charge in [-0.3, -0.25) is 9.69 Å². The van der Waals surface area contributed by atoms with Gasteiger partial charge in [0.05, 0.1) is 13.2 Å². The molecule has 17 heavy (non-hydrogen) atoms. The van der Waals surface area contributed by atoms with Crippen molar-refractivity contribution in [2.24, 2.45) is 5.73 Å². The molecule has 0 fully saturated rings. The molecule has 0 rings (SSSR count). The molecule has 3 N–H and O–H groups in total. The molecule has 0 aromatic rings. The van der Waals surface area contributed by atoms with E-state index in [9.17, 15) is 4.79 Å². The maximum Gasteiger partial charge on any atom is 0.234 e. The molecule has 0 aromatic heterocycles. The van der Waals surface area contributed by atoms with Crippen molar-refractivity contribution in [3.63, 3.8) is 0 Å². The first kappa shape index (κ1) is 16.4. The zero-order chi connectivity index (χ0) is 13.1. The van der Waals surface area contributed by atoms with Crippen LogP contribution in [0.2, 0.25) is 0 Å². The summed E-state index contributed by atoms with van der Waals surface area (Å²) in [6, 6.07) is 0.0606. The molecule has 0 saturated carbocycles. The van der Waals surface area contributed by atoms with Gasteiger partial charge in [0.25, 0.3) is 0 Å². The van der Waals surface area contributed by atoms with E-state index in [-0.39, 0.29) is 11.9 Å². The monoisotopic (exact) mass is 245 g/mol. The fraction of sp³-hybridized carbons (Fsp3) is 0.917. The Labute approximate surface area is 105 Å². The van der Waals surface area contributed by atoms with Crippen molar-refractivity contribution in [2.45, 2.75) is 32.7 Å². The van der Waals surface area contributed by atoms with Gasteiger partial charge in [-0.05, 0) is 39.4 Å². The highest BCUT2D eigenvalue weighted by Gasteiger charge is 2.11. The minimum absolute atomic E-state index is 0.0556. The summed E-state index contributed by atoms with van der Waals surface area (Å²) >= 11 is 0. The lowest BCUT2D eigenvalue weighted by atomic mass is 10.3. The van der Waals surface area contributed by atoms with Gasteiger partial charge in [-0.1, -0.05) is 6.92 Å². The Hall–Kier alpha value is -0.650. The van der Waals surface area contributed by atoms with Crippen molar-refractivity contribution in [2.75, 3.05) is 39.9 Å². The lowest BCUT2D eigenvalue weighted by molar-refractivity contribution is -0.123. The fourth-order valence-electron chi connectivity index (χ4n) is 1.72. The van der Waals surface area contributed by atoms with Gasteiger partial charge in [0.15, 0.2) is 0 Å². The third-order valence-corrected chi connectivity index (χ3v) is 2.41. The molecule has 0 aromatic carbocycles. The molecule has 0 saturated heterocycles. The second-order valence-corrected chi connectivity index (χ2v) is 4.34. The number of nitrogens with one attached hydrogen (secondary N) is 1. The molecule has 1 atom stereocenters. The number of hydrogen-bond donors (Lipinski definition) is 2. The van der Waals surface area contributed by atoms with Crippen molar-refractivity contribution in [1.82, 2.24) is 10.2 Å². The third-order valence-electron chi connectivity index (χ3n) is 2.41. The van der Waals surface area contributed by atoms with Crippen LogP contribution in [0.1, 0.15) is 26.7 Å². The summed E-state index contributed by atoms with van der Waals surface area (Å²) in [7, 11) is 1.63. The fourth-order valence-corrected chi connectivity index (χ4v) is 1.72. The summed E-state index contributed by atoms with van der Waals surface area (Å²) in [6.45, 7) is 7.53. The normalized spacial score (nSPS) is 12.8. The maximum absolute atomic E-state index is 11.7. The quantitative estimate of drug-likeness (QED) is 0.577. The van der Waals surface area contributed by atoms with Crippen LogP contribution in [0.25, 0.3) is 0 Å². The van der Waals surface area contributed by atoms with E-state index in [0.29, 0.717) is 19.7 Å². The number of nitrogens with two attached hydrogens (primary N) is 1. The first-order valence-electron chi connectivity index (χ1n) is 6.34. The van der Waals surface area contributed by atoms with E-state index in [2.05, 4.69) is 17.1 Å². The summed E-state index contributed by atoms with van der Waals surface area (Å²) < 4.78 is 4.98. The number of amides is 1. The highest BCUT2D eigenvalue weighted by molar-refractivity contribution is 5.78. The zero-order valence-electron chi connectivity index (χ0n) is 11.4. The Morgan fingerprint density at radius 3 is 2.71 bits per heavy atom. The molecule has 0 radical (unpaired) electrons. The van der Waals surface area contributed by atoms with Gasteiger partial charge in [0.1, 0.15) is 0 Å². The molecular weight excluding hydrogens is 218 g/mol. The van der Waals surface area contributed by atoms with E-state index in [1.807, 2.05) is 6.92 Å². The molecule has 0 spiro atoms. The van der Waals surface area contributed by atoms with E-state index in [4.69, 9.17) is 10.5 Å². The van der Waals surface area contributed by atoms with E-state index in [1.165, 1.54) is 0 Å². The van der Waals surface area contributed by atoms with Gasteiger partial charge in [0.2, 0.25) is 5.91 Å². The average Bonchev–Trinajstić information content (AvgIpc) is 2.26. The Balaban J connectivity index is 3.93. The summed E-state index contributed by atoms with van der Waals surface area (Å²) in [4.78, 5) is 13.9. The second-order valence-electron chi connectivity index (χ2n) is 4.34. The number of rotatable bonds is 10. The van der Waals surface area contributed by atoms with Crippen molar-refractivity contribution >= 4 is 5.91 Å². The van der Waals surface area contributed by atoms with Gasteiger partial charge >= 0.3 is 0 Å². The van der Waals surface area contributed by atoms with Gasteiger partial charge in [-0.15, -0.1) is 0 Å². The van der Waals surface area contributed by atoms with Crippen LogP contribution in [0.5, 0.6) is 0 Å². The van der Waals surface area contributed by atoms with Gasteiger partial charge in [-0.2, -0.15) is 0 Å². The molecule has 1 unspecified atom stereocenters. The number of nitrogens with zero attached hydrogens (tertiary/aromatic N) is 1. The molecule has 102 valence electrons. The van der Waals surface area contributed by atoms with Crippen LogP contribution >= 0.6 is 0 Å². The predicted octanol–water partition coefficient (Wildman–Crippen LogP) is 0.198. The van der Waals surface area contributed by atoms with E-state index >= 15 is 0 Å². The van der Waals surface area contributed by atoms with Crippen LogP contribution in [-0.4, -0.2) is 56.7 Å². The SMILES string of the molecule is CCCN(CCCN)CC(=O)NC(C)COC. The number of ether oxygens (including phenoxy) is 1. The largest absolute Gasteiger partial charge is 0.383 e. The number of carbonyl (C=O) groups excluding carboxylic acids is 1. The van der Waals surface area contributed by atoms with Crippen molar-refractivity contribution < 1.29 is 9.53 Å². The smallest absolute Gasteiger partial charge is 0.234 e. The van der Waals surface area contributed by atoms with E-state index < -0.39 is 0 Å². The van der Waals surface area contributed by atoms with Crippen LogP contribution in [0.15, 0.2) is 0 Å². The highest BCUT2D eigenvalue weighted by Crippen LogP contribution is 1.94. The Kier molecular flexibility index (Phi) is 10.1. The van der Waals surface area contributed by atoms with E-state index in [1.54, 1.807) is 7.11 Å². The number of hydrogen-bond acceptors (Lipinski definition) is 4. The molecule has 5 nitrogen and oxygen atoms in total. The summed E-state index contributed by atoms with van der Waals surface area (Å²) in [5.74, 6) is 0.0556. The van der Waals surface area contributed by atoms with Gasteiger partial charge < -0.3 is 15.8 Å². The summed E-state index contributed by atoms with van der Waals surface area (Å²) in [6.07, 6.45) is 1.98. The molecule has 0 aliphatic carbocycles. The van der Waals surface area contributed by atoms with Crippen molar-refractivity contribution in [1.29, 1.82) is 0 Å². The summed E-state index contributed by atoms with van der Waals surface area (Å²) in [5.41, 5.74) is 5.48. The average molecular weight is 245 g/mol. The Morgan fingerprint density at radius 1 is 1.47 bits per heavy atom. The maximum atomic E-state index is 11.7. The molecular formula is C12H27N3O2. The molecule has 1 amide bonds. The number of carbonyl (C=O) groups is 1. The number of methoxy groups -OCH3 is 1. The Bertz CT molecular complexity index is 200. The van der Waals surface area contributed by atoms with Crippen LogP contribution in [-0.2, 0) is 9.53 Å². The molecule has 5 heteroatoms. The Morgan fingerprint density at radius 2 is 2.18 bits per heavy atom. The topological polar surface area (TPSA) is 67.6 Å². The van der Waals surface area contributed by atoms with Crippen LogP contribution in [0, 0.1) is 0 Å². The van der Waals surface area contributed by atoms with Crippen LogP contribution in [0.3, 0.4) is 0 Å². The van der Waals surface area contributed by atoms with Gasteiger partial charge in [-0.25, -0.2) is 0 Å². The minimum atomic E-state index is 0.0556. The van der Waals surface area contributed by atoms with Crippen LogP contribution < -0.4 is 11.1 Å². The van der Waals surface area contributed by atoms with E-state index in [0.717, 1.165) is 25.9 Å². The van der Waals surface area contributed by atoms with Crippen LogP contribution in [0.4, 0.5) is 0 Å². The third kappa shape index (κ3) is 9.09.